The highest BCUT2D eigenvalue weighted by Crippen LogP contribution is 2.53. The highest BCUT2D eigenvalue weighted by molar-refractivity contribution is 5.43. The van der Waals surface area contributed by atoms with Crippen LogP contribution in [0.5, 0.6) is 5.75 Å². The average Bonchev–Trinajstić information content (AvgIpc) is 3.01. The maximum absolute atomic E-state index is 5.68. The van der Waals surface area contributed by atoms with Crippen molar-refractivity contribution in [1.29, 1.82) is 0 Å². The molecule has 0 radical (unpaired) electrons. The Kier molecular flexibility index (Phi) is 2.96. The molecule has 1 aromatic rings. The summed E-state index contributed by atoms with van der Waals surface area (Å²) in [5.41, 5.74) is 7.37. The van der Waals surface area contributed by atoms with Crippen LogP contribution in [0, 0.1) is 0 Å². The van der Waals surface area contributed by atoms with Crippen LogP contribution in [0.1, 0.15) is 31.7 Å². The molecular formula is C13H19NO. The number of hydrogen-bond donors (Lipinski definition) is 1. The van der Waals surface area contributed by atoms with Crippen LogP contribution < -0.4 is 10.5 Å². The van der Waals surface area contributed by atoms with Gasteiger partial charge in [-0.3, -0.25) is 0 Å². The van der Waals surface area contributed by atoms with Crippen molar-refractivity contribution in [3.05, 3.63) is 29.8 Å². The lowest BCUT2D eigenvalue weighted by molar-refractivity contribution is 0.332. The second-order valence-electron chi connectivity index (χ2n) is 4.25. The van der Waals surface area contributed by atoms with E-state index in [-0.39, 0.29) is 0 Å². The van der Waals surface area contributed by atoms with E-state index in [4.69, 9.17) is 10.5 Å². The highest BCUT2D eigenvalue weighted by Gasteiger charge is 2.44. The highest BCUT2D eigenvalue weighted by atomic mass is 16.5. The molecule has 0 aliphatic heterocycles. The third-order valence-corrected chi connectivity index (χ3v) is 3.23. The first-order valence-electron chi connectivity index (χ1n) is 5.75. The monoisotopic (exact) mass is 205 g/mol. The lowest BCUT2D eigenvalue weighted by Crippen LogP contribution is -2.14. The van der Waals surface area contributed by atoms with Gasteiger partial charge in [-0.25, -0.2) is 0 Å². The fourth-order valence-corrected chi connectivity index (χ4v) is 2.27. The molecule has 0 saturated heterocycles. The molecule has 0 aromatic heterocycles. The van der Waals surface area contributed by atoms with Crippen molar-refractivity contribution in [3.8, 4) is 5.75 Å². The van der Waals surface area contributed by atoms with Gasteiger partial charge >= 0.3 is 0 Å². The van der Waals surface area contributed by atoms with Gasteiger partial charge in [0.05, 0.1) is 6.61 Å². The van der Waals surface area contributed by atoms with Gasteiger partial charge in [0.2, 0.25) is 0 Å². The number of nitrogens with two attached hydrogens (primary N) is 1. The quantitative estimate of drug-likeness (QED) is 0.801. The molecule has 0 atom stereocenters. The molecule has 1 aromatic carbocycles. The smallest absolute Gasteiger partial charge is 0.123 e. The zero-order chi connectivity index (χ0) is 10.7. The van der Waals surface area contributed by atoms with Gasteiger partial charge in [0.1, 0.15) is 5.75 Å². The Labute approximate surface area is 91.4 Å². The van der Waals surface area contributed by atoms with Crippen LogP contribution in [0.2, 0.25) is 0 Å². The van der Waals surface area contributed by atoms with E-state index < -0.39 is 0 Å². The van der Waals surface area contributed by atoms with E-state index in [1.165, 1.54) is 18.4 Å². The standard InChI is InChI=1S/C13H19NO/c1-2-15-12-6-4-3-5-11(12)13(7-8-13)9-10-14/h3-6H,2,7-10,14H2,1H3. The number of para-hydroxylation sites is 1. The number of benzene rings is 1. The Hall–Kier alpha value is -1.02. The molecule has 2 rings (SSSR count). The van der Waals surface area contributed by atoms with E-state index in [0.717, 1.165) is 25.3 Å². The van der Waals surface area contributed by atoms with Crippen molar-refractivity contribution < 1.29 is 4.74 Å². The van der Waals surface area contributed by atoms with Crippen molar-refractivity contribution in [3.63, 3.8) is 0 Å². The van der Waals surface area contributed by atoms with Gasteiger partial charge in [-0.2, -0.15) is 0 Å². The van der Waals surface area contributed by atoms with Gasteiger partial charge < -0.3 is 10.5 Å². The van der Waals surface area contributed by atoms with Crippen LogP contribution in [-0.4, -0.2) is 13.2 Å². The topological polar surface area (TPSA) is 35.2 Å². The van der Waals surface area contributed by atoms with Gasteiger partial charge in [-0.15, -0.1) is 0 Å². The molecule has 1 saturated carbocycles. The van der Waals surface area contributed by atoms with Crippen LogP contribution >= 0.6 is 0 Å². The zero-order valence-corrected chi connectivity index (χ0v) is 9.33. The summed E-state index contributed by atoms with van der Waals surface area (Å²) < 4.78 is 5.67. The van der Waals surface area contributed by atoms with Crippen molar-refractivity contribution in [1.82, 2.24) is 0 Å². The minimum atomic E-state index is 0.334. The van der Waals surface area contributed by atoms with E-state index in [0.29, 0.717) is 5.41 Å². The Morgan fingerprint density at radius 3 is 2.67 bits per heavy atom. The summed E-state index contributed by atoms with van der Waals surface area (Å²) in [6.45, 7) is 3.52. The molecular weight excluding hydrogens is 186 g/mol. The molecule has 2 heteroatoms. The Morgan fingerprint density at radius 2 is 2.07 bits per heavy atom. The van der Waals surface area contributed by atoms with Gasteiger partial charge in [0, 0.05) is 11.0 Å². The molecule has 0 heterocycles. The van der Waals surface area contributed by atoms with Crippen molar-refractivity contribution >= 4 is 0 Å². The molecule has 0 bridgehead atoms. The normalized spacial score (nSPS) is 17.5. The van der Waals surface area contributed by atoms with E-state index in [2.05, 4.69) is 18.2 Å². The first kappa shape index (κ1) is 10.5. The third-order valence-electron chi connectivity index (χ3n) is 3.23. The maximum Gasteiger partial charge on any atom is 0.123 e. The SMILES string of the molecule is CCOc1ccccc1C1(CCN)CC1. The first-order valence-corrected chi connectivity index (χ1v) is 5.75. The minimum Gasteiger partial charge on any atom is -0.494 e. The summed E-state index contributed by atoms with van der Waals surface area (Å²) >= 11 is 0. The molecule has 1 aliphatic carbocycles. The predicted octanol–water partition coefficient (Wildman–Crippen LogP) is 2.47. The van der Waals surface area contributed by atoms with Crippen LogP contribution in [0.3, 0.4) is 0 Å². The van der Waals surface area contributed by atoms with Crippen molar-refractivity contribution in [2.75, 3.05) is 13.2 Å². The predicted molar refractivity (Wildman–Crippen MR) is 62.2 cm³/mol. The van der Waals surface area contributed by atoms with Gasteiger partial charge in [0.25, 0.3) is 0 Å². The third kappa shape index (κ3) is 2.00. The van der Waals surface area contributed by atoms with E-state index in [9.17, 15) is 0 Å². The summed E-state index contributed by atoms with van der Waals surface area (Å²) in [6, 6.07) is 8.38. The largest absolute Gasteiger partial charge is 0.494 e. The lowest BCUT2D eigenvalue weighted by atomic mass is 9.91. The molecule has 0 unspecified atom stereocenters. The van der Waals surface area contributed by atoms with Crippen LogP contribution in [0.25, 0.3) is 0 Å². The molecule has 0 spiro atoms. The van der Waals surface area contributed by atoms with Crippen LogP contribution in [0.4, 0.5) is 0 Å². The zero-order valence-electron chi connectivity index (χ0n) is 9.33. The van der Waals surface area contributed by atoms with Gasteiger partial charge in [0.15, 0.2) is 0 Å². The molecule has 2 nitrogen and oxygen atoms in total. The van der Waals surface area contributed by atoms with Gasteiger partial charge in [-0.1, -0.05) is 18.2 Å². The van der Waals surface area contributed by atoms with E-state index in [1.807, 2.05) is 13.0 Å². The summed E-state index contributed by atoms with van der Waals surface area (Å²) in [6.07, 6.45) is 3.60. The minimum absolute atomic E-state index is 0.334. The maximum atomic E-state index is 5.68. The van der Waals surface area contributed by atoms with E-state index >= 15 is 0 Å². The Balaban J connectivity index is 2.26. The molecule has 1 fully saturated rings. The molecule has 0 amide bonds. The number of ether oxygens (including phenoxy) is 1. The molecule has 2 N–H and O–H groups in total. The lowest BCUT2D eigenvalue weighted by Gasteiger charge is -2.18. The molecule has 15 heavy (non-hydrogen) atoms. The summed E-state index contributed by atoms with van der Waals surface area (Å²) in [4.78, 5) is 0. The first-order chi connectivity index (χ1) is 7.32. The fourth-order valence-electron chi connectivity index (χ4n) is 2.27. The summed E-state index contributed by atoms with van der Waals surface area (Å²) in [5, 5.41) is 0. The number of hydrogen-bond acceptors (Lipinski definition) is 2. The Bertz CT molecular complexity index is 331. The second kappa shape index (κ2) is 4.23. The van der Waals surface area contributed by atoms with Gasteiger partial charge in [-0.05, 0) is 38.8 Å². The summed E-state index contributed by atoms with van der Waals surface area (Å²) in [7, 11) is 0. The Morgan fingerprint density at radius 1 is 1.33 bits per heavy atom. The molecule has 82 valence electrons. The summed E-state index contributed by atoms with van der Waals surface area (Å²) in [5.74, 6) is 1.05. The second-order valence-corrected chi connectivity index (χ2v) is 4.25. The fraction of sp³-hybridized carbons (Fsp3) is 0.538. The van der Waals surface area contributed by atoms with Crippen LogP contribution in [-0.2, 0) is 5.41 Å². The average molecular weight is 205 g/mol. The van der Waals surface area contributed by atoms with E-state index in [1.54, 1.807) is 0 Å². The van der Waals surface area contributed by atoms with Crippen molar-refractivity contribution in [2.24, 2.45) is 5.73 Å². The number of rotatable bonds is 5. The van der Waals surface area contributed by atoms with Crippen LogP contribution in [0.15, 0.2) is 24.3 Å². The molecule has 1 aliphatic rings. The van der Waals surface area contributed by atoms with Crippen molar-refractivity contribution in [2.45, 2.75) is 31.6 Å².